The maximum Gasteiger partial charge on any atom is 0.471 e. The smallest absolute Gasteiger partial charge is 0.471 e. The molecule has 1 heterocycles. The highest BCUT2D eigenvalue weighted by Crippen LogP contribution is 2.42. The average molecular weight is 336 g/mol. The van der Waals surface area contributed by atoms with Crippen LogP contribution in [0.2, 0.25) is 0 Å². The third-order valence-electron chi connectivity index (χ3n) is 4.70. The predicted octanol–water partition coefficient (Wildman–Crippen LogP) is 1.16. The molecule has 0 aromatic rings. The van der Waals surface area contributed by atoms with Crippen molar-refractivity contribution in [3.63, 3.8) is 0 Å². The predicted molar refractivity (Wildman–Crippen MR) is 72.2 cm³/mol. The summed E-state index contributed by atoms with van der Waals surface area (Å²) >= 11 is 0. The van der Waals surface area contributed by atoms with E-state index in [1.54, 1.807) is 5.32 Å². The fraction of sp³-hybridized carbons (Fsp3) is 0.786. The van der Waals surface area contributed by atoms with E-state index in [0.29, 0.717) is 6.42 Å². The van der Waals surface area contributed by atoms with Crippen molar-refractivity contribution in [3.05, 3.63) is 0 Å². The lowest BCUT2D eigenvalue weighted by Crippen LogP contribution is -2.54. The van der Waals surface area contributed by atoms with Crippen molar-refractivity contribution in [2.45, 2.75) is 50.9 Å². The van der Waals surface area contributed by atoms with Gasteiger partial charge in [-0.3, -0.25) is 9.59 Å². The van der Waals surface area contributed by atoms with Gasteiger partial charge in [-0.15, -0.1) is 0 Å². The molecular weight excluding hydrogens is 317 g/mol. The van der Waals surface area contributed by atoms with Gasteiger partial charge in [-0.2, -0.15) is 13.2 Å². The Morgan fingerprint density at radius 1 is 1.30 bits per heavy atom. The number of carboxylic acid groups (broad SMARTS) is 1. The van der Waals surface area contributed by atoms with Crippen molar-refractivity contribution in [3.8, 4) is 0 Å². The number of carbonyl (C=O) groups is 3. The Kier molecular flexibility index (Phi) is 4.86. The summed E-state index contributed by atoms with van der Waals surface area (Å²) < 4.78 is 37.0. The van der Waals surface area contributed by atoms with E-state index in [1.807, 2.05) is 0 Å². The molecule has 1 aliphatic carbocycles. The standard InChI is InChI=1S/C14H19F3N2O4/c1-2-9(18-13(23)14(15,16)17)11(20)19-6-7-4-3-5-8(7)10(19)12(21)22/h7-10H,2-6H2,1H3,(H,18,23)(H,21,22)/t7-,8-,9?,10-/m0/s1. The van der Waals surface area contributed by atoms with Crippen molar-refractivity contribution in [2.75, 3.05) is 6.54 Å². The number of aliphatic carboxylic acids is 1. The summed E-state index contributed by atoms with van der Waals surface area (Å²) in [5.41, 5.74) is 0. The van der Waals surface area contributed by atoms with Gasteiger partial charge < -0.3 is 15.3 Å². The second-order valence-corrected chi connectivity index (χ2v) is 6.06. The van der Waals surface area contributed by atoms with Crippen molar-refractivity contribution < 1.29 is 32.7 Å². The Morgan fingerprint density at radius 3 is 2.48 bits per heavy atom. The zero-order valence-electron chi connectivity index (χ0n) is 12.6. The Bertz CT molecular complexity index is 509. The van der Waals surface area contributed by atoms with Gasteiger partial charge in [-0.25, -0.2) is 4.79 Å². The Balaban J connectivity index is 2.13. The molecule has 2 fully saturated rings. The molecule has 6 nitrogen and oxygen atoms in total. The first kappa shape index (κ1) is 17.6. The topological polar surface area (TPSA) is 86.7 Å². The number of halogens is 3. The van der Waals surface area contributed by atoms with Gasteiger partial charge in [0.25, 0.3) is 0 Å². The summed E-state index contributed by atoms with van der Waals surface area (Å²) in [4.78, 5) is 36.1. The molecule has 1 unspecified atom stereocenters. The Labute approximate surface area is 131 Å². The first-order chi connectivity index (χ1) is 10.7. The molecule has 130 valence electrons. The highest BCUT2D eigenvalue weighted by Gasteiger charge is 2.51. The van der Waals surface area contributed by atoms with E-state index in [9.17, 15) is 32.7 Å². The van der Waals surface area contributed by atoms with Gasteiger partial charge in [-0.05, 0) is 31.1 Å². The number of fused-ring (bicyclic) bond motifs is 1. The van der Waals surface area contributed by atoms with Gasteiger partial charge >= 0.3 is 18.1 Å². The third-order valence-corrected chi connectivity index (χ3v) is 4.70. The normalized spacial score (nSPS) is 28.3. The van der Waals surface area contributed by atoms with Gasteiger partial charge in [0, 0.05) is 6.54 Å². The monoisotopic (exact) mass is 336 g/mol. The van der Waals surface area contributed by atoms with Gasteiger partial charge in [0.05, 0.1) is 0 Å². The molecule has 1 saturated heterocycles. The molecule has 0 radical (unpaired) electrons. The fourth-order valence-corrected chi connectivity index (χ4v) is 3.63. The summed E-state index contributed by atoms with van der Waals surface area (Å²) in [7, 11) is 0. The zero-order chi connectivity index (χ0) is 17.4. The fourth-order valence-electron chi connectivity index (χ4n) is 3.63. The molecule has 0 aromatic heterocycles. The molecule has 23 heavy (non-hydrogen) atoms. The van der Waals surface area contributed by atoms with Crippen LogP contribution in [0, 0.1) is 11.8 Å². The number of alkyl halides is 3. The largest absolute Gasteiger partial charge is 0.480 e. The number of carboxylic acids is 1. The lowest BCUT2D eigenvalue weighted by atomic mass is 9.94. The van der Waals surface area contributed by atoms with Crippen molar-refractivity contribution in [1.29, 1.82) is 0 Å². The number of nitrogens with zero attached hydrogens (tertiary/aromatic N) is 1. The van der Waals surface area contributed by atoms with Crippen LogP contribution in [0.3, 0.4) is 0 Å². The second-order valence-electron chi connectivity index (χ2n) is 6.06. The molecule has 1 aliphatic heterocycles. The number of nitrogens with one attached hydrogen (secondary N) is 1. The van der Waals surface area contributed by atoms with E-state index in [1.165, 1.54) is 6.92 Å². The molecule has 0 aromatic carbocycles. The molecule has 0 bridgehead atoms. The summed E-state index contributed by atoms with van der Waals surface area (Å²) in [6, 6.07) is -2.39. The van der Waals surface area contributed by atoms with Crippen LogP contribution in [-0.4, -0.2) is 52.6 Å². The molecule has 2 rings (SSSR count). The van der Waals surface area contributed by atoms with E-state index < -0.39 is 36.0 Å². The third kappa shape index (κ3) is 3.42. The van der Waals surface area contributed by atoms with E-state index in [2.05, 4.69) is 0 Å². The van der Waals surface area contributed by atoms with Gasteiger partial charge in [0.2, 0.25) is 5.91 Å². The van der Waals surface area contributed by atoms with Crippen LogP contribution in [-0.2, 0) is 14.4 Å². The van der Waals surface area contributed by atoms with Crippen LogP contribution >= 0.6 is 0 Å². The van der Waals surface area contributed by atoms with E-state index in [0.717, 1.165) is 17.7 Å². The average Bonchev–Trinajstić information content (AvgIpc) is 3.02. The SMILES string of the molecule is CCC(NC(=O)C(F)(F)F)C(=O)N1C[C@@H]2CCC[C@@H]2[C@H]1C(=O)O. The minimum absolute atomic E-state index is 0.0428. The number of hydrogen-bond acceptors (Lipinski definition) is 3. The van der Waals surface area contributed by atoms with Gasteiger partial charge in [0.1, 0.15) is 12.1 Å². The maximum atomic E-state index is 12.5. The molecule has 0 spiro atoms. The molecule has 2 amide bonds. The first-order valence-corrected chi connectivity index (χ1v) is 7.57. The number of likely N-dealkylation sites (tertiary alicyclic amines) is 1. The molecule has 2 N–H and O–H groups in total. The van der Waals surface area contributed by atoms with Crippen LogP contribution < -0.4 is 5.32 Å². The highest BCUT2D eigenvalue weighted by atomic mass is 19.4. The number of rotatable bonds is 4. The summed E-state index contributed by atoms with van der Waals surface area (Å²) in [6.45, 7) is 1.69. The summed E-state index contributed by atoms with van der Waals surface area (Å²) in [5, 5.41) is 11.0. The van der Waals surface area contributed by atoms with Crippen molar-refractivity contribution in [2.24, 2.45) is 11.8 Å². The lowest BCUT2D eigenvalue weighted by molar-refractivity contribution is -0.175. The van der Waals surface area contributed by atoms with Gasteiger partial charge in [-0.1, -0.05) is 13.3 Å². The molecule has 4 atom stereocenters. The lowest BCUT2D eigenvalue weighted by Gasteiger charge is -2.28. The molecule has 9 heteroatoms. The van der Waals surface area contributed by atoms with E-state index in [-0.39, 0.29) is 24.8 Å². The molecule has 1 saturated carbocycles. The Morgan fingerprint density at radius 2 is 1.96 bits per heavy atom. The minimum atomic E-state index is -5.08. The van der Waals surface area contributed by atoms with Crippen molar-refractivity contribution in [1.82, 2.24) is 10.2 Å². The highest BCUT2D eigenvalue weighted by molar-refractivity contribution is 5.92. The van der Waals surface area contributed by atoms with Crippen LogP contribution in [0.15, 0.2) is 0 Å². The van der Waals surface area contributed by atoms with Crippen LogP contribution in [0.1, 0.15) is 32.6 Å². The summed E-state index contributed by atoms with van der Waals surface area (Å²) in [6.07, 6.45) is -2.73. The number of amides is 2. The quantitative estimate of drug-likeness (QED) is 0.806. The van der Waals surface area contributed by atoms with Crippen LogP contribution in [0.25, 0.3) is 0 Å². The zero-order valence-corrected chi connectivity index (χ0v) is 12.6. The number of hydrogen-bond donors (Lipinski definition) is 2. The van der Waals surface area contributed by atoms with Gasteiger partial charge in [0.15, 0.2) is 0 Å². The van der Waals surface area contributed by atoms with E-state index in [4.69, 9.17) is 0 Å². The van der Waals surface area contributed by atoms with Crippen LogP contribution in [0.5, 0.6) is 0 Å². The van der Waals surface area contributed by atoms with Crippen molar-refractivity contribution >= 4 is 17.8 Å². The summed E-state index contributed by atoms with van der Waals surface area (Å²) in [5.74, 6) is -4.19. The number of carbonyl (C=O) groups excluding carboxylic acids is 2. The first-order valence-electron chi connectivity index (χ1n) is 7.57. The van der Waals surface area contributed by atoms with E-state index >= 15 is 0 Å². The molecular formula is C14H19F3N2O4. The second kappa shape index (κ2) is 6.37. The maximum absolute atomic E-state index is 12.5. The molecule has 2 aliphatic rings. The van der Waals surface area contributed by atoms with Crippen LogP contribution in [0.4, 0.5) is 13.2 Å². The minimum Gasteiger partial charge on any atom is -0.480 e. The Hall–Kier alpha value is -1.80.